The summed E-state index contributed by atoms with van der Waals surface area (Å²) in [6.07, 6.45) is 3.09. The van der Waals surface area contributed by atoms with Crippen molar-refractivity contribution in [1.82, 2.24) is 0 Å². The topological polar surface area (TPSA) is 26.3 Å². The van der Waals surface area contributed by atoms with Gasteiger partial charge in [-0.3, -0.25) is 4.79 Å². The van der Waals surface area contributed by atoms with Gasteiger partial charge in [-0.25, -0.2) is 0 Å². The van der Waals surface area contributed by atoms with Gasteiger partial charge in [0.05, 0.1) is 0 Å². The van der Waals surface area contributed by atoms with E-state index in [1.54, 1.807) is 0 Å². The summed E-state index contributed by atoms with van der Waals surface area (Å²) in [6, 6.07) is 5.70. The SMILES string of the molecule is CC12CC(C1)c1cc(C=O)ccc1O2. The molecule has 0 unspecified atom stereocenters. The molecule has 0 saturated heterocycles. The van der Waals surface area contributed by atoms with Gasteiger partial charge in [0.2, 0.25) is 0 Å². The Labute approximate surface area is 82.9 Å². The summed E-state index contributed by atoms with van der Waals surface area (Å²) in [6.45, 7) is 2.15. The van der Waals surface area contributed by atoms with Gasteiger partial charge in [0.1, 0.15) is 17.6 Å². The zero-order valence-corrected chi connectivity index (χ0v) is 8.12. The number of rotatable bonds is 1. The van der Waals surface area contributed by atoms with E-state index in [1.165, 1.54) is 5.56 Å². The van der Waals surface area contributed by atoms with Crippen molar-refractivity contribution in [2.24, 2.45) is 0 Å². The number of ether oxygens (including phenoxy) is 1. The van der Waals surface area contributed by atoms with Crippen LogP contribution in [0.3, 0.4) is 0 Å². The Morgan fingerprint density at radius 1 is 1.50 bits per heavy atom. The predicted octanol–water partition coefficient (Wildman–Crippen LogP) is 2.53. The van der Waals surface area contributed by atoms with Gasteiger partial charge in [-0.15, -0.1) is 0 Å². The van der Waals surface area contributed by atoms with E-state index in [4.69, 9.17) is 4.74 Å². The number of hydrogen-bond acceptors (Lipinski definition) is 2. The summed E-state index contributed by atoms with van der Waals surface area (Å²) >= 11 is 0. The van der Waals surface area contributed by atoms with E-state index in [9.17, 15) is 4.79 Å². The Hall–Kier alpha value is -1.31. The van der Waals surface area contributed by atoms with E-state index in [0.29, 0.717) is 5.92 Å². The molecule has 1 saturated carbocycles. The minimum absolute atomic E-state index is 0.0698. The third-order valence-electron chi connectivity index (χ3n) is 3.32. The molecule has 2 aliphatic heterocycles. The van der Waals surface area contributed by atoms with Gasteiger partial charge in [0, 0.05) is 5.56 Å². The number of carbonyl (C=O) groups is 1. The van der Waals surface area contributed by atoms with Gasteiger partial charge in [-0.1, -0.05) is 0 Å². The second kappa shape index (κ2) is 2.38. The molecule has 0 aromatic heterocycles. The highest BCUT2D eigenvalue weighted by molar-refractivity contribution is 5.76. The Balaban J connectivity index is 2.09. The van der Waals surface area contributed by atoms with Gasteiger partial charge in [-0.2, -0.15) is 0 Å². The van der Waals surface area contributed by atoms with Crippen molar-refractivity contribution < 1.29 is 9.53 Å². The van der Waals surface area contributed by atoms with E-state index in [0.717, 1.165) is 30.4 Å². The molecule has 0 atom stereocenters. The summed E-state index contributed by atoms with van der Waals surface area (Å²) in [5.74, 6) is 1.59. The standard InChI is InChI=1S/C12H12O2/c1-12-5-9(6-12)10-4-8(7-13)2-3-11(10)14-12/h2-4,7,9H,5-6H2,1H3. The summed E-state index contributed by atoms with van der Waals surface area (Å²) in [7, 11) is 0. The molecule has 0 radical (unpaired) electrons. The molecule has 14 heavy (non-hydrogen) atoms. The van der Waals surface area contributed by atoms with Crippen LogP contribution in [0.5, 0.6) is 5.75 Å². The Kier molecular flexibility index (Phi) is 1.37. The van der Waals surface area contributed by atoms with E-state index < -0.39 is 0 Å². The molecular weight excluding hydrogens is 176 g/mol. The fourth-order valence-corrected chi connectivity index (χ4v) is 2.60. The van der Waals surface area contributed by atoms with Crippen LogP contribution >= 0.6 is 0 Å². The van der Waals surface area contributed by atoms with Crippen molar-refractivity contribution in [3.8, 4) is 5.75 Å². The average Bonchev–Trinajstić information content (AvgIpc) is 2.15. The average molecular weight is 188 g/mol. The minimum Gasteiger partial charge on any atom is -0.487 e. The first-order chi connectivity index (χ1) is 6.70. The molecule has 1 aliphatic carbocycles. The molecular formula is C12H12O2. The zero-order chi connectivity index (χ0) is 9.76. The fraction of sp³-hybridized carbons (Fsp3) is 0.417. The van der Waals surface area contributed by atoms with Crippen molar-refractivity contribution in [3.05, 3.63) is 29.3 Å². The molecule has 2 nitrogen and oxygen atoms in total. The van der Waals surface area contributed by atoms with Crippen LogP contribution in [0.1, 0.15) is 41.6 Å². The smallest absolute Gasteiger partial charge is 0.150 e. The molecule has 2 heterocycles. The fourth-order valence-electron chi connectivity index (χ4n) is 2.60. The third kappa shape index (κ3) is 0.939. The molecule has 2 bridgehead atoms. The van der Waals surface area contributed by atoms with Crippen LogP contribution in [-0.4, -0.2) is 11.9 Å². The van der Waals surface area contributed by atoms with Gasteiger partial charge in [0.15, 0.2) is 0 Å². The van der Waals surface area contributed by atoms with Crippen molar-refractivity contribution >= 4 is 6.29 Å². The summed E-state index contributed by atoms with van der Waals surface area (Å²) < 4.78 is 5.87. The first-order valence-electron chi connectivity index (χ1n) is 4.98. The van der Waals surface area contributed by atoms with Gasteiger partial charge in [-0.05, 0) is 49.4 Å². The van der Waals surface area contributed by atoms with Gasteiger partial charge < -0.3 is 4.74 Å². The van der Waals surface area contributed by atoms with Crippen LogP contribution in [0.2, 0.25) is 0 Å². The van der Waals surface area contributed by atoms with Crippen LogP contribution in [0.4, 0.5) is 0 Å². The van der Waals surface area contributed by atoms with Crippen LogP contribution in [-0.2, 0) is 0 Å². The molecule has 0 spiro atoms. The highest BCUT2D eigenvalue weighted by Gasteiger charge is 2.48. The molecule has 1 fully saturated rings. The van der Waals surface area contributed by atoms with Crippen molar-refractivity contribution in [3.63, 3.8) is 0 Å². The normalized spacial score (nSPS) is 32.5. The van der Waals surface area contributed by atoms with Gasteiger partial charge >= 0.3 is 0 Å². The van der Waals surface area contributed by atoms with E-state index in [2.05, 4.69) is 6.92 Å². The first-order valence-corrected chi connectivity index (χ1v) is 4.98. The van der Waals surface area contributed by atoms with E-state index in [1.807, 2.05) is 18.2 Å². The molecule has 0 N–H and O–H groups in total. The molecule has 72 valence electrons. The lowest BCUT2D eigenvalue weighted by atomic mass is 9.66. The number of benzene rings is 1. The highest BCUT2D eigenvalue weighted by Crippen LogP contribution is 2.54. The summed E-state index contributed by atoms with van der Waals surface area (Å²) in [5, 5.41) is 0. The van der Waals surface area contributed by atoms with Crippen LogP contribution < -0.4 is 4.74 Å². The summed E-state index contributed by atoms with van der Waals surface area (Å²) in [5.41, 5.74) is 2.04. The zero-order valence-electron chi connectivity index (χ0n) is 8.12. The molecule has 4 rings (SSSR count). The molecule has 3 aliphatic rings. The lowest BCUT2D eigenvalue weighted by Gasteiger charge is -2.50. The maximum Gasteiger partial charge on any atom is 0.150 e. The van der Waals surface area contributed by atoms with Gasteiger partial charge in [0.25, 0.3) is 0 Å². The molecule has 1 aromatic rings. The van der Waals surface area contributed by atoms with Crippen LogP contribution in [0, 0.1) is 0 Å². The Morgan fingerprint density at radius 3 is 3.00 bits per heavy atom. The first kappa shape index (κ1) is 8.04. The lowest BCUT2D eigenvalue weighted by Crippen LogP contribution is -2.48. The van der Waals surface area contributed by atoms with Crippen LogP contribution in [0.15, 0.2) is 18.2 Å². The monoisotopic (exact) mass is 188 g/mol. The third-order valence-corrected chi connectivity index (χ3v) is 3.32. The quantitative estimate of drug-likeness (QED) is 0.633. The van der Waals surface area contributed by atoms with Crippen molar-refractivity contribution in [1.29, 1.82) is 0 Å². The number of carbonyl (C=O) groups excluding carboxylic acids is 1. The largest absolute Gasteiger partial charge is 0.487 e. The van der Waals surface area contributed by atoms with E-state index in [-0.39, 0.29) is 5.60 Å². The van der Waals surface area contributed by atoms with Crippen molar-refractivity contribution in [2.75, 3.05) is 0 Å². The second-order valence-electron chi connectivity index (χ2n) is 4.57. The minimum atomic E-state index is 0.0698. The number of aldehydes is 1. The van der Waals surface area contributed by atoms with E-state index >= 15 is 0 Å². The molecule has 2 heteroatoms. The Bertz CT molecular complexity index is 403. The number of hydrogen-bond donors (Lipinski definition) is 0. The maximum atomic E-state index is 10.6. The second-order valence-corrected chi connectivity index (χ2v) is 4.57. The Morgan fingerprint density at radius 2 is 2.29 bits per heavy atom. The molecule has 1 aromatic carbocycles. The van der Waals surface area contributed by atoms with Crippen molar-refractivity contribution in [2.45, 2.75) is 31.3 Å². The predicted molar refractivity (Wildman–Crippen MR) is 52.8 cm³/mol. The van der Waals surface area contributed by atoms with Crippen LogP contribution in [0.25, 0.3) is 0 Å². The lowest BCUT2D eigenvalue weighted by molar-refractivity contribution is -0.0302. The molecule has 0 amide bonds. The highest BCUT2D eigenvalue weighted by atomic mass is 16.5. The maximum absolute atomic E-state index is 10.6. The summed E-state index contributed by atoms with van der Waals surface area (Å²) in [4.78, 5) is 10.6.